The van der Waals surface area contributed by atoms with E-state index in [-0.39, 0.29) is 0 Å². The Bertz CT molecular complexity index is 285. The van der Waals surface area contributed by atoms with Crippen LogP contribution in [0.3, 0.4) is 0 Å². The Morgan fingerprint density at radius 3 is 2.75 bits per heavy atom. The number of thiophene rings is 1. The van der Waals surface area contributed by atoms with Gasteiger partial charge in [-0.3, -0.25) is 0 Å². The largest absolute Gasteiger partial charge is 0.385 e. The number of aryl methyl sites for hydroxylation is 1. The van der Waals surface area contributed by atoms with Gasteiger partial charge in [-0.15, -0.1) is 11.3 Å². The highest BCUT2D eigenvalue weighted by atomic mass is 32.1. The van der Waals surface area contributed by atoms with E-state index >= 15 is 0 Å². The van der Waals surface area contributed by atoms with Crippen molar-refractivity contribution in [1.82, 2.24) is 5.32 Å². The fourth-order valence-electron chi connectivity index (χ4n) is 1.79. The van der Waals surface area contributed by atoms with Gasteiger partial charge in [0.1, 0.15) is 0 Å². The molecule has 0 amide bonds. The van der Waals surface area contributed by atoms with E-state index in [4.69, 9.17) is 4.74 Å². The molecule has 1 atom stereocenters. The lowest BCUT2D eigenvalue weighted by Crippen LogP contribution is -2.20. The summed E-state index contributed by atoms with van der Waals surface area (Å²) in [5.74, 6) is 0. The second-order valence-electron chi connectivity index (χ2n) is 3.90. The average molecular weight is 241 g/mol. The molecule has 3 heteroatoms. The molecular formula is C13H23NOS. The second kappa shape index (κ2) is 7.82. The van der Waals surface area contributed by atoms with E-state index in [1.807, 2.05) is 11.3 Å². The fourth-order valence-corrected chi connectivity index (χ4v) is 2.86. The van der Waals surface area contributed by atoms with Gasteiger partial charge in [-0.2, -0.15) is 0 Å². The first-order chi connectivity index (χ1) is 7.81. The number of hydrogen-bond donors (Lipinski definition) is 1. The topological polar surface area (TPSA) is 21.3 Å². The maximum atomic E-state index is 5.11. The van der Waals surface area contributed by atoms with E-state index in [2.05, 4.69) is 31.3 Å². The summed E-state index contributed by atoms with van der Waals surface area (Å²) >= 11 is 1.94. The van der Waals surface area contributed by atoms with Crippen LogP contribution in [0.4, 0.5) is 0 Å². The monoisotopic (exact) mass is 241 g/mol. The van der Waals surface area contributed by atoms with Gasteiger partial charge >= 0.3 is 0 Å². The number of hydrogen-bond acceptors (Lipinski definition) is 3. The number of nitrogens with one attached hydrogen (secondary N) is 1. The van der Waals surface area contributed by atoms with Gasteiger partial charge in [0.15, 0.2) is 0 Å². The Morgan fingerprint density at radius 1 is 1.38 bits per heavy atom. The van der Waals surface area contributed by atoms with Crippen LogP contribution in [0.1, 0.15) is 42.5 Å². The van der Waals surface area contributed by atoms with Gasteiger partial charge in [0, 0.05) is 29.5 Å². The smallest absolute Gasteiger partial charge is 0.0462 e. The molecule has 0 aliphatic carbocycles. The summed E-state index contributed by atoms with van der Waals surface area (Å²) in [7, 11) is 1.77. The van der Waals surface area contributed by atoms with E-state index < -0.39 is 0 Å². The zero-order chi connectivity index (χ0) is 11.8. The Balaban J connectivity index is 2.54. The molecule has 0 saturated heterocycles. The van der Waals surface area contributed by atoms with Crippen molar-refractivity contribution in [3.05, 3.63) is 21.9 Å². The Morgan fingerprint density at radius 2 is 2.19 bits per heavy atom. The van der Waals surface area contributed by atoms with Crippen molar-refractivity contribution in [2.24, 2.45) is 0 Å². The Kier molecular flexibility index (Phi) is 6.69. The zero-order valence-corrected chi connectivity index (χ0v) is 11.4. The summed E-state index contributed by atoms with van der Waals surface area (Å²) in [6.45, 7) is 6.26. The molecule has 1 unspecified atom stereocenters. The standard InChI is InChI=1S/C13H23NOS/c1-4-11-8-9-13(16-11)12(14-5-2)7-6-10-15-3/h8-9,12,14H,4-7,10H2,1-3H3. The van der Waals surface area contributed by atoms with Crippen LogP contribution in [0.25, 0.3) is 0 Å². The summed E-state index contributed by atoms with van der Waals surface area (Å²) in [6, 6.07) is 5.02. The molecule has 2 nitrogen and oxygen atoms in total. The number of rotatable bonds is 8. The lowest BCUT2D eigenvalue weighted by molar-refractivity contribution is 0.189. The van der Waals surface area contributed by atoms with Crippen LogP contribution in [0.2, 0.25) is 0 Å². The molecule has 0 aliphatic heterocycles. The van der Waals surface area contributed by atoms with Crippen molar-refractivity contribution in [3.8, 4) is 0 Å². The van der Waals surface area contributed by atoms with Crippen molar-refractivity contribution >= 4 is 11.3 Å². The third-order valence-electron chi connectivity index (χ3n) is 2.67. The molecule has 0 aliphatic rings. The molecule has 1 rings (SSSR count). The molecule has 0 spiro atoms. The van der Waals surface area contributed by atoms with Crippen LogP contribution in [0, 0.1) is 0 Å². The van der Waals surface area contributed by atoms with Gasteiger partial charge in [-0.25, -0.2) is 0 Å². The van der Waals surface area contributed by atoms with Crippen molar-refractivity contribution in [2.75, 3.05) is 20.3 Å². The SMILES string of the molecule is CCNC(CCCOC)c1ccc(CC)s1. The average Bonchev–Trinajstić information content (AvgIpc) is 2.76. The van der Waals surface area contributed by atoms with Gasteiger partial charge in [-0.1, -0.05) is 13.8 Å². The third-order valence-corrected chi connectivity index (χ3v) is 4.01. The number of ether oxygens (including phenoxy) is 1. The quantitative estimate of drug-likeness (QED) is 0.704. The van der Waals surface area contributed by atoms with E-state index in [1.165, 1.54) is 9.75 Å². The maximum Gasteiger partial charge on any atom is 0.0462 e. The van der Waals surface area contributed by atoms with Crippen LogP contribution >= 0.6 is 11.3 Å². The van der Waals surface area contributed by atoms with Crippen LogP contribution < -0.4 is 5.32 Å². The van der Waals surface area contributed by atoms with Crippen LogP contribution in [-0.4, -0.2) is 20.3 Å². The Labute approximate surface area is 103 Å². The minimum Gasteiger partial charge on any atom is -0.385 e. The van der Waals surface area contributed by atoms with Crippen LogP contribution in [-0.2, 0) is 11.2 Å². The minimum atomic E-state index is 0.505. The van der Waals surface area contributed by atoms with Crippen LogP contribution in [0.15, 0.2) is 12.1 Å². The molecule has 1 aromatic heterocycles. The number of methoxy groups -OCH3 is 1. The normalized spacial score (nSPS) is 12.9. The Hall–Kier alpha value is -0.380. The van der Waals surface area contributed by atoms with E-state index in [0.29, 0.717) is 6.04 Å². The lowest BCUT2D eigenvalue weighted by atomic mass is 10.1. The molecule has 16 heavy (non-hydrogen) atoms. The minimum absolute atomic E-state index is 0.505. The first kappa shape index (κ1) is 13.7. The summed E-state index contributed by atoms with van der Waals surface area (Å²) in [5, 5.41) is 3.55. The maximum absolute atomic E-state index is 5.11. The molecule has 0 aromatic carbocycles. The van der Waals surface area contributed by atoms with Crippen LogP contribution in [0.5, 0.6) is 0 Å². The fraction of sp³-hybridized carbons (Fsp3) is 0.692. The highest BCUT2D eigenvalue weighted by molar-refractivity contribution is 7.12. The summed E-state index contributed by atoms with van der Waals surface area (Å²) in [6.07, 6.45) is 3.42. The third kappa shape index (κ3) is 4.24. The molecule has 0 radical (unpaired) electrons. The molecule has 0 saturated carbocycles. The second-order valence-corrected chi connectivity index (χ2v) is 5.10. The molecule has 1 aromatic rings. The zero-order valence-electron chi connectivity index (χ0n) is 10.6. The molecular weight excluding hydrogens is 218 g/mol. The molecule has 0 bridgehead atoms. The van der Waals surface area contributed by atoms with E-state index in [1.54, 1.807) is 7.11 Å². The predicted molar refractivity (Wildman–Crippen MR) is 71.2 cm³/mol. The van der Waals surface area contributed by atoms with E-state index in [9.17, 15) is 0 Å². The van der Waals surface area contributed by atoms with Gasteiger partial charge < -0.3 is 10.1 Å². The predicted octanol–water partition coefficient (Wildman–Crippen LogP) is 3.39. The lowest BCUT2D eigenvalue weighted by Gasteiger charge is -2.16. The van der Waals surface area contributed by atoms with Crippen molar-refractivity contribution in [3.63, 3.8) is 0 Å². The van der Waals surface area contributed by atoms with Crippen molar-refractivity contribution < 1.29 is 4.74 Å². The molecule has 0 fully saturated rings. The molecule has 92 valence electrons. The van der Waals surface area contributed by atoms with Gasteiger partial charge in [0.2, 0.25) is 0 Å². The van der Waals surface area contributed by atoms with Crippen molar-refractivity contribution in [1.29, 1.82) is 0 Å². The first-order valence-corrected chi connectivity index (χ1v) is 6.94. The van der Waals surface area contributed by atoms with Gasteiger partial charge in [0.25, 0.3) is 0 Å². The van der Waals surface area contributed by atoms with E-state index in [0.717, 1.165) is 32.4 Å². The van der Waals surface area contributed by atoms with Crippen molar-refractivity contribution in [2.45, 2.75) is 39.2 Å². The summed E-state index contributed by atoms with van der Waals surface area (Å²) in [5.41, 5.74) is 0. The molecule has 1 N–H and O–H groups in total. The van der Waals surface area contributed by atoms with Gasteiger partial charge in [-0.05, 0) is 37.9 Å². The highest BCUT2D eigenvalue weighted by Gasteiger charge is 2.11. The van der Waals surface area contributed by atoms with Gasteiger partial charge in [0.05, 0.1) is 0 Å². The summed E-state index contributed by atoms with van der Waals surface area (Å²) < 4.78 is 5.11. The molecule has 1 heterocycles. The highest BCUT2D eigenvalue weighted by Crippen LogP contribution is 2.26. The summed E-state index contributed by atoms with van der Waals surface area (Å²) in [4.78, 5) is 2.94. The first-order valence-electron chi connectivity index (χ1n) is 6.12.